The Morgan fingerprint density at radius 3 is 2.80 bits per heavy atom. The first-order chi connectivity index (χ1) is 4.70. The van der Waals surface area contributed by atoms with E-state index in [2.05, 4.69) is 15.9 Å². The van der Waals surface area contributed by atoms with Crippen molar-refractivity contribution in [2.24, 2.45) is 0 Å². The highest BCUT2D eigenvalue weighted by molar-refractivity contribution is 9.09. The zero-order valence-electron chi connectivity index (χ0n) is 5.77. The third-order valence-electron chi connectivity index (χ3n) is 1.41. The Balaban J connectivity index is 2.41. The highest BCUT2D eigenvalue weighted by Crippen LogP contribution is 2.25. The van der Waals surface area contributed by atoms with Crippen molar-refractivity contribution < 1.29 is 9.47 Å². The lowest BCUT2D eigenvalue weighted by Gasteiger charge is -2.19. The van der Waals surface area contributed by atoms with Crippen LogP contribution < -0.4 is 0 Å². The van der Waals surface area contributed by atoms with Gasteiger partial charge in [0.1, 0.15) is 0 Å². The van der Waals surface area contributed by atoms with Crippen molar-refractivity contribution in [1.82, 2.24) is 0 Å². The summed E-state index contributed by atoms with van der Waals surface area (Å²) in [6.07, 6.45) is 0.0595. The molecule has 0 aliphatic carbocycles. The predicted molar refractivity (Wildman–Crippen MR) is 43.7 cm³/mol. The van der Waals surface area contributed by atoms with Crippen LogP contribution in [0.5, 0.6) is 0 Å². The van der Waals surface area contributed by atoms with E-state index in [9.17, 15) is 0 Å². The van der Waals surface area contributed by atoms with Crippen molar-refractivity contribution in [1.29, 1.82) is 0 Å². The summed E-state index contributed by atoms with van der Waals surface area (Å²) < 4.78 is 10.8. The van der Waals surface area contributed by atoms with Gasteiger partial charge in [-0.15, -0.1) is 11.6 Å². The molecule has 2 nitrogen and oxygen atoms in total. The molecule has 0 saturated carbocycles. The molecule has 2 unspecified atom stereocenters. The Kier molecular flexibility index (Phi) is 2.98. The second-order valence-corrected chi connectivity index (χ2v) is 3.34. The van der Waals surface area contributed by atoms with Crippen molar-refractivity contribution in [3.05, 3.63) is 0 Å². The number of hydrogen-bond acceptors (Lipinski definition) is 2. The van der Waals surface area contributed by atoms with Crippen LogP contribution in [0.1, 0.15) is 6.92 Å². The molecule has 1 saturated heterocycles. The SMILES string of the molecule is CC1(CBr)OCC(CCl)O1. The van der Waals surface area contributed by atoms with Crippen molar-refractivity contribution in [3.8, 4) is 0 Å². The Bertz CT molecular complexity index is 122. The minimum Gasteiger partial charge on any atom is -0.347 e. The molecule has 0 aromatic rings. The molecule has 0 aromatic carbocycles. The maximum absolute atomic E-state index is 5.57. The van der Waals surface area contributed by atoms with E-state index in [-0.39, 0.29) is 6.10 Å². The molecule has 1 fully saturated rings. The van der Waals surface area contributed by atoms with Gasteiger partial charge in [0.15, 0.2) is 5.79 Å². The molecule has 60 valence electrons. The molecule has 0 spiro atoms. The zero-order valence-corrected chi connectivity index (χ0v) is 8.11. The first-order valence-electron chi connectivity index (χ1n) is 3.14. The Morgan fingerprint density at radius 2 is 2.50 bits per heavy atom. The van der Waals surface area contributed by atoms with Crippen LogP contribution in [0.15, 0.2) is 0 Å². The Hall–Kier alpha value is 0.690. The molecule has 0 aromatic heterocycles. The molecule has 1 aliphatic heterocycles. The Labute approximate surface area is 74.0 Å². The van der Waals surface area contributed by atoms with Crippen LogP contribution in [0.4, 0.5) is 0 Å². The summed E-state index contributed by atoms with van der Waals surface area (Å²) in [5, 5.41) is 0.688. The van der Waals surface area contributed by atoms with Crippen molar-refractivity contribution in [3.63, 3.8) is 0 Å². The maximum atomic E-state index is 5.57. The number of rotatable bonds is 2. The summed E-state index contributed by atoms with van der Waals surface area (Å²) in [5.74, 6) is 0.0438. The topological polar surface area (TPSA) is 18.5 Å². The van der Waals surface area contributed by atoms with E-state index in [4.69, 9.17) is 21.1 Å². The van der Waals surface area contributed by atoms with E-state index >= 15 is 0 Å². The number of ether oxygens (including phenoxy) is 2. The van der Waals surface area contributed by atoms with Gasteiger partial charge in [0, 0.05) is 0 Å². The number of halogens is 2. The fraction of sp³-hybridized carbons (Fsp3) is 1.00. The van der Waals surface area contributed by atoms with Crippen molar-refractivity contribution >= 4 is 27.5 Å². The van der Waals surface area contributed by atoms with Crippen LogP contribution in [0.2, 0.25) is 0 Å². The fourth-order valence-electron chi connectivity index (χ4n) is 0.836. The van der Waals surface area contributed by atoms with E-state index in [1.54, 1.807) is 0 Å². The molecule has 4 heteroatoms. The molecule has 0 N–H and O–H groups in total. The van der Waals surface area contributed by atoms with Gasteiger partial charge in [0.2, 0.25) is 0 Å². The van der Waals surface area contributed by atoms with E-state index in [1.807, 2.05) is 6.92 Å². The second-order valence-electron chi connectivity index (χ2n) is 2.47. The van der Waals surface area contributed by atoms with E-state index in [0.717, 1.165) is 0 Å². The van der Waals surface area contributed by atoms with Crippen LogP contribution in [-0.2, 0) is 9.47 Å². The molecule has 2 atom stereocenters. The standard InChI is InChI=1S/C6H10BrClO2/c1-6(4-7)9-3-5(2-8)10-6/h5H,2-4H2,1H3. The van der Waals surface area contributed by atoms with Gasteiger partial charge in [-0.1, -0.05) is 15.9 Å². The summed E-state index contributed by atoms with van der Waals surface area (Å²) >= 11 is 8.87. The van der Waals surface area contributed by atoms with Gasteiger partial charge in [-0.3, -0.25) is 0 Å². The van der Waals surface area contributed by atoms with Crippen LogP contribution in [-0.4, -0.2) is 29.7 Å². The van der Waals surface area contributed by atoms with Crippen LogP contribution in [0.3, 0.4) is 0 Å². The van der Waals surface area contributed by atoms with Crippen LogP contribution in [0.25, 0.3) is 0 Å². The first kappa shape index (κ1) is 8.78. The van der Waals surface area contributed by atoms with Gasteiger partial charge in [-0.25, -0.2) is 0 Å². The minimum absolute atomic E-state index is 0.0595. The average Bonchev–Trinajstić information content (AvgIpc) is 2.33. The lowest BCUT2D eigenvalue weighted by molar-refractivity contribution is -0.130. The zero-order chi connectivity index (χ0) is 7.61. The van der Waals surface area contributed by atoms with E-state index in [0.29, 0.717) is 17.8 Å². The highest BCUT2D eigenvalue weighted by atomic mass is 79.9. The van der Waals surface area contributed by atoms with Gasteiger partial charge in [0.05, 0.1) is 23.9 Å². The lowest BCUT2D eigenvalue weighted by atomic mass is 10.4. The van der Waals surface area contributed by atoms with Gasteiger partial charge in [0.25, 0.3) is 0 Å². The fourth-order valence-corrected chi connectivity index (χ4v) is 1.28. The molecule has 0 amide bonds. The van der Waals surface area contributed by atoms with Gasteiger partial charge in [-0.05, 0) is 6.92 Å². The minimum atomic E-state index is -0.459. The highest BCUT2D eigenvalue weighted by Gasteiger charge is 2.35. The third kappa shape index (κ3) is 1.84. The monoisotopic (exact) mass is 228 g/mol. The average molecular weight is 230 g/mol. The molecule has 1 aliphatic rings. The molecule has 0 bridgehead atoms. The molecule has 0 radical (unpaired) electrons. The van der Waals surface area contributed by atoms with Gasteiger partial charge < -0.3 is 9.47 Å². The summed E-state index contributed by atoms with van der Waals surface area (Å²) in [5.41, 5.74) is 0. The van der Waals surface area contributed by atoms with Crippen molar-refractivity contribution in [2.45, 2.75) is 18.8 Å². The van der Waals surface area contributed by atoms with E-state index in [1.165, 1.54) is 0 Å². The summed E-state index contributed by atoms with van der Waals surface area (Å²) in [4.78, 5) is 0. The second kappa shape index (κ2) is 3.39. The largest absolute Gasteiger partial charge is 0.347 e. The predicted octanol–water partition coefficient (Wildman–Crippen LogP) is 1.75. The smallest absolute Gasteiger partial charge is 0.175 e. The molecule has 1 heterocycles. The molecule has 10 heavy (non-hydrogen) atoms. The summed E-state index contributed by atoms with van der Waals surface area (Å²) in [6.45, 7) is 2.50. The number of alkyl halides is 2. The van der Waals surface area contributed by atoms with Gasteiger partial charge >= 0.3 is 0 Å². The van der Waals surface area contributed by atoms with E-state index < -0.39 is 5.79 Å². The molecule has 1 rings (SSSR count). The van der Waals surface area contributed by atoms with Crippen molar-refractivity contribution in [2.75, 3.05) is 17.8 Å². The maximum Gasteiger partial charge on any atom is 0.175 e. The Morgan fingerprint density at radius 1 is 1.80 bits per heavy atom. The summed E-state index contributed by atoms with van der Waals surface area (Å²) in [6, 6.07) is 0. The number of hydrogen-bond donors (Lipinski definition) is 0. The quantitative estimate of drug-likeness (QED) is 0.672. The third-order valence-corrected chi connectivity index (χ3v) is 2.77. The normalized spacial score (nSPS) is 40.5. The van der Waals surface area contributed by atoms with Crippen LogP contribution in [0, 0.1) is 0 Å². The first-order valence-corrected chi connectivity index (χ1v) is 4.79. The molecular formula is C6H10BrClO2. The summed E-state index contributed by atoms with van der Waals surface area (Å²) in [7, 11) is 0. The van der Waals surface area contributed by atoms with Gasteiger partial charge in [-0.2, -0.15) is 0 Å². The lowest BCUT2D eigenvalue weighted by Crippen LogP contribution is -2.28. The molecular weight excluding hydrogens is 219 g/mol. The van der Waals surface area contributed by atoms with Crippen LogP contribution >= 0.6 is 27.5 Å².